The van der Waals surface area contributed by atoms with E-state index in [1.165, 1.54) is 12.1 Å². The van der Waals surface area contributed by atoms with E-state index in [2.05, 4.69) is 4.72 Å². The molecule has 0 amide bonds. The molecule has 0 aliphatic heterocycles. The maximum absolute atomic E-state index is 12.3. The summed E-state index contributed by atoms with van der Waals surface area (Å²) in [5.74, 6) is 0. The van der Waals surface area contributed by atoms with Crippen molar-refractivity contribution in [1.29, 1.82) is 0 Å². The van der Waals surface area contributed by atoms with Crippen molar-refractivity contribution in [2.75, 3.05) is 16.7 Å². The molecule has 0 spiro atoms. The molecule has 2 rings (SSSR count). The summed E-state index contributed by atoms with van der Waals surface area (Å²) in [6.07, 6.45) is 1.000. The number of benzene rings is 2. The summed E-state index contributed by atoms with van der Waals surface area (Å²) in [7, 11) is -7.49. The van der Waals surface area contributed by atoms with Crippen molar-refractivity contribution in [1.82, 2.24) is 0 Å². The van der Waals surface area contributed by atoms with Crippen molar-refractivity contribution >= 4 is 31.2 Å². The molecule has 3 N–H and O–H groups in total. The Balaban J connectivity index is 2.50. The molecule has 0 unspecified atom stereocenters. The zero-order valence-corrected chi connectivity index (χ0v) is 12.8. The largest absolute Gasteiger partial charge is 0.398 e. The van der Waals surface area contributed by atoms with Crippen LogP contribution in [0.25, 0.3) is 0 Å². The van der Waals surface area contributed by atoms with E-state index in [-0.39, 0.29) is 15.5 Å². The Morgan fingerprint density at radius 1 is 0.952 bits per heavy atom. The molecule has 0 bridgehead atoms. The number of anilines is 2. The van der Waals surface area contributed by atoms with Crippen LogP contribution >= 0.6 is 0 Å². The summed E-state index contributed by atoms with van der Waals surface area (Å²) in [5, 5.41) is 0. The summed E-state index contributed by atoms with van der Waals surface area (Å²) in [6.45, 7) is 0. The monoisotopic (exact) mass is 326 g/mol. The fourth-order valence-corrected chi connectivity index (χ4v) is 3.63. The molecule has 0 aliphatic rings. The van der Waals surface area contributed by atoms with Crippen LogP contribution in [-0.4, -0.2) is 23.1 Å². The molecule has 0 fully saturated rings. The summed E-state index contributed by atoms with van der Waals surface area (Å²) in [6, 6.07) is 11.8. The fourth-order valence-electron chi connectivity index (χ4n) is 1.69. The van der Waals surface area contributed by atoms with Crippen LogP contribution in [0.5, 0.6) is 0 Å². The van der Waals surface area contributed by atoms with Crippen molar-refractivity contribution in [2.45, 2.75) is 9.79 Å². The van der Waals surface area contributed by atoms with Gasteiger partial charge in [0.2, 0.25) is 0 Å². The third-order valence-corrected chi connectivity index (χ3v) is 5.28. The molecule has 2 aromatic carbocycles. The maximum atomic E-state index is 12.3. The Kier molecular flexibility index (Phi) is 3.93. The normalized spacial score (nSPS) is 12.0. The molecule has 0 saturated heterocycles. The number of sulfone groups is 1. The number of sulfonamides is 1. The minimum atomic E-state index is -3.97. The van der Waals surface area contributed by atoms with Gasteiger partial charge in [-0.1, -0.05) is 18.2 Å². The molecule has 0 saturated carbocycles. The predicted octanol–water partition coefficient (Wildman–Crippen LogP) is 1.47. The Morgan fingerprint density at radius 3 is 2.14 bits per heavy atom. The third-order valence-electron chi connectivity index (χ3n) is 2.73. The first-order valence-electron chi connectivity index (χ1n) is 5.87. The SMILES string of the molecule is CS(=O)(=O)c1ccc(N)c(S(=O)(=O)Nc2ccccc2)c1. The van der Waals surface area contributed by atoms with E-state index >= 15 is 0 Å². The Bertz CT molecular complexity index is 860. The van der Waals surface area contributed by atoms with Gasteiger partial charge in [0.15, 0.2) is 9.84 Å². The molecule has 0 atom stereocenters. The number of para-hydroxylation sites is 1. The van der Waals surface area contributed by atoms with Crippen LogP contribution in [0.1, 0.15) is 0 Å². The average molecular weight is 326 g/mol. The number of rotatable bonds is 4. The highest BCUT2D eigenvalue weighted by Crippen LogP contribution is 2.24. The zero-order chi connectivity index (χ0) is 15.7. The second-order valence-corrected chi connectivity index (χ2v) is 8.11. The molecule has 6 nitrogen and oxygen atoms in total. The highest BCUT2D eigenvalue weighted by atomic mass is 32.2. The minimum Gasteiger partial charge on any atom is -0.398 e. The molecule has 0 aliphatic carbocycles. The standard InChI is InChI=1S/C13H14N2O4S2/c1-20(16,17)11-7-8-12(14)13(9-11)21(18,19)15-10-5-3-2-4-6-10/h2-9,15H,14H2,1H3. The lowest BCUT2D eigenvalue weighted by Gasteiger charge is -2.11. The smallest absolute Gasteiger partial charge is 0.263 e. The van der Waals surface area contributed by atoms with Gasteiger partial charge in [-0.3, -0.25) is 4.72 Å². The Morgan fingerprint density at radius 2 is 1.57 bits per heavy atom. The Labute approximate surface area is 123 Å². The molecule has 8 heteroatoms. The summed E-state index contributed by atoms with van der Waals surface area (Å²) in [4.78, 5) is -0.376. The van der Waals surface area contributed by atoms with Gasteiger partial charge in [-0.15, -0.1) is 0 Å². The van der Waals surface area contributed by atoms with Gasteiger partial charge in [0.1, 0.15) is 4.90 Å². The van der Waals surface area contributed by atoms with Gasteiger partial charge < -0.3 is 5.73 Å². The van der Waals surface area contributed by atoms with Crippen LogP contribution < -0.4 is 10.5 Å². The van der Waals surface area contributed by atoms with E-state index in [0.29, 0.717) is 5.69 Å². The van der Waals surface area contributed by atoms with E-state index < -0.39 is 19.9 Å². The first-order chi connectivity index (χ1) is 9.70. The topological polar surface area (TPSA) is 106 Å². The molecule has 0 radical (unpaired) electrons. The minimum absolute atomic E-state index is 0.0224. The number of nitrogens with two attached hydrogens (primary N) is 1. The highest BCUT2D eigenvalue weighted by Gasteiger charge is 2.20. The lowest BCUT2D eigenvalue weighted by molar-refractivity contribution is 0.600. The highest BCUT2D eigenvalue weighted by molar-refractivity contribution is 7.93. The van der Waals surface area contributed by atoms with E-state index in [4.69, 9.17) is 5.73 Å². The van der Waals surface area contributed by atoms with Gasteiger partial charge in [-0.05, 0) is 30.3 Å². The molecule has 21 heavy (non-hydrogen) atoms. The van der Waals surface area contributed by atoms with Crippen molar-refractivity contribution in [2.24, 2.45) is 0 Å². The van der Waals surface area contributed by atoms with Crippen molar-refractivity contribution in [3.8, 4) is 0 Å². The van der Waals surface area contributed by atoms with Crippen molar-refractivity contribution < 1.29 is 16.8 Å². The first kappa shape index (κ1) is 15.3. The zero-order valence-electron chi connectivity index (χ0n) is 11.1. The lowest BCUT2D eigenvalue weighted by atomic mass is 10.3. The summed E-state index contributed by atoms with van der Waals surface area (Å²) >= 11 is 0. The van der Waals surface area contributed by atoms with Gasteiger partial charge in [0.05, 0.1) is 10.6 Å². The summed E-state index contributed by atoms with van der Waals surface area (Å²) in [5.41, 5.74) is 6.00. The van der Waals surface area contributed by atoms with Gasteiger partial charge in [0, 0.05) is 11.9 Å². The Hall–Kier alpha value is -2.06. The van der Waals surface area contributed by atoms with Crippen LogP contribution in [0.15, 0.2) is 58.3 Å². The molecule has 2 aromatic rings. The molecule has 112 valence electrons. The van der Waals surface area contributed by atoms with Crippen LogP contribution in [0.4, 0.5) is 11.4 Å². The van der Waals surface area contributed by atoms with Crippen LogP contribution in [0, 0.1) is 0 Å². The second kappa shape index (κ2) is 5.38. The quantitative estimate of drug-likeness (QED) is 0.828. The maximum Gasteiger partial charge on any atom is 0.263 e. The summed E-state index contributed by atoms with van der Waals surface area (Å²) < 4.78 is 50.0. The van der Waals surface area contributed by atoms with Gasteiger partial charge in [-0.2, -0.15) is 0 Å². The molecular weight excluding hydrogens is 312 g/mol. The van der Waals surface area contributed by atoms with Gasteiger partial charge >= 0.3 is 0 Å². The predicted molar refractivity (Wildman–Crippen MR) is 81.2 cm³/mol. The number of nitrogens with one attached hydrogen (secondary N) is 1. The number of hydrogen-bond acceptors (Lipinski definition) is 5. The van der Waals surface area contributed by atoms with Crippen LogP contribution in [0.2, 0.25) is 0 Å². The lowest BCUT2D eigenvalue weighted by Crippen LogP contribution is -2.15. The third kappa shape index (κ3) is 3.53. The number of hydrogen-bond donors (Lipinski definition) is 2. The second-order valence-electron chi connectivity index (χ2n) is 4.44. The van der Waals surface area contributed by atoms with E-state index in [1.54, 1.807) is 30.3 Å². The molecule has 0 aromatic heterocycles. The first-order valence-corrected chi connectivity index (χ1v) is 9.25. The van der Waals surface area contributed by atoms with E-state index in [1.807, 2.05) is 0 Å². The van der Waals surface area contributed by atoms with Crippen LogP contribution in [0.3, 0.4) is 0 Å². The van der Waals surface area contributed by atoms with Gasteiger partial charge in [0.25, 0.3) is 10.0 Å². The van der Waals surface area contributed by atoms with Crippen LogP contribution in [-0.2, 0) is 19.9 Å². The van der Waals surface area contributed by atoms with E-state index in [9.17, 15) is 16.8 Å². The van der Waals surface area contributed by atoms with Crippen molar-refractivity contribution in [3.05, 3.63) is 48.5 Å². The molecule has 0 heterocycles. The fraction of sp³-hybridized carbons (Fsp3) is 0.0769. The van der Waals surface area contributed by atoms with Gasteiger partial charge in [-0.25, -0.2) is 16.8 Å². The van der Waals surface area contributed by atoms with Crippen molar-refractivity contribution in [3.63, 3.8) is 0 Å². The molecular formula is C13H14N2O4S2. The number of nitrogen functional groups attached to an aromatic ring is 1. The van der Waals surface area contributed by atoms with E-state index in [0.717, 1.165) is 12.3 Å². The average Bonchev–Trinajstić information content (AvgIpc) is 2.38.